The van der Waals surface area contributed by atoms with Gasteiger partial charge >= 0.3 is 0 Å². The van der Waals surface area contributed by atoms with Crippen molar-refractivity contribution in [2.24, 2.45) is 0 Å². The maximum Gasteiger partial charge on any atom is 0.277 e. The average molecular weight is 471 g/mol. The molecule has 8 nitrogen and oxygen atoms in total. The van der Waals surface area contributed by atoms with Crippen molar-refractivity contribution in [3.05, 3.63) is 64.9 Å². The number of imidazole rings is 1. The minimum atomic E-state index is -2.64. The molecule has 4 aromatic rings. The number of benzene rings is 1. The minimum Gasteiger partial charge on any atom is -0.379 e. The van der Waals surface area contributed by atoms with Crippen LogP contribution in [0.4, 0.5) is 13.9 Å². The molecule has 170 valence electrons. The zero-order valence-corrected chi connectivity index (χ0v) is 18.3. The molecule has 1 aliphatic rings. The van der Waals surface area contributed by atoms with Gasteiger partial charge in [-0.05, 0) is 12.1 Å². The third-order valence-corrected chi connectivity index (χ3v) is 6.13. The van der Waals surface area contributed by atoms with E-state index in [9.17, 15) is 13.6 Å². The lowest BCUT2D eigenvalue weighted by Gasteiger charge is -2.25. The number of anilines is 1. The highest BCUT2D eigenvalue weighted by atomic mass is 32.1. The van der Waals surface area contributed by atoms with E-state index in [1.54, 1.807) is 30.3 Å². The fourth-order valence-electron chi connectivity index (χ4n) is 3.68. The molecule has 1 aromatic carbocycles. The number of carbonyl (C=O) groups is 1. The lowest BCUT2D eigenvalue weighted by Crippen LogP contribution is -2.35. The van der Waals surface area contributed by atoms with Crippen LogP contribution in [0.3, 0.4) is 0 Å². The Morgan fingerprint density at radius 1 is 1.18 bits per heavy atom. The van der Waals surface area contributed by atoms with Gasteiger partial charge < -0.3 is 4.74 Å². The monoisotopic (exact) mass is 470 g/mol. The molecule has 1 saturated heterocycles. The standard InChI is InChI=1S/C22H20F2N6O2S/c23-20(24)16-4-2-1-3-15(16)17-5-6-19-25-11-18(30(19)28-17)21(31)27-22-26-14(13-33-22)12-29-7-9-32-10-8-29/h1-6,11,13,20H,7-10,12H2,(H,26,27,31). The van der Waals surface area contributed by atoms with Crippen LogP contribution in [0, 0.1) is 0 Å². The number of morpholine rings is 1. The van der Waals surface area contributed by atoms with Gasteiger partial charge in [-0.2, -0.15) is 5.10 Å². The second-order valence-corrected chi connectivity index (χ2v) is 8.36. The van der Waals surface area contributed by atoms with E-state index in [1.807, 2.05) is 5.38 Å². The van der Waals surface area contributed by atoms with Gasteiger partial charge in [-0.25, -0.2) is 23.3 Å². The molecule has 5 rings (SSSR count). The van der Waals surface area contributed by atoms with Crippen molar-refractivity contribution < 1.29 is 18.3 Å². The van der Waals surface area contributed by atoms with Gasteiger partial charge in [0.25, 0.3) is 12.3 Å². The number of aromatic nitrogens is 4. The zero-order chi connectivity index (χ0) is 22.8. The van der Waals surface area contributed by atoms with Crippen LogP contribution in [0.25, 0.3) is 16.9 Å². The van der Waals surface area contributed by atoms with E-state index in [0.717, 1.165) is 18.8 Å². The van der Waals surface area contributed by atoms with Crippen molar-refractivity contribution in [1.82, 2.24) is 24.5 Å². The van der Waals surface area contributed by atoms with Gasteiger partial charge in [-0.1, -0.05) is 24.3 Å². The van der Waals surface area contributed by atoms with Gasteiger partial charge in [-0.15, -0.1) is 11.3 Å². The number of nitrogens with zero attached hydrogens (tertiary/aromatic N) is 5. The van der Waals surface area contributed by atoms with Gasteiger partial charge in [0.2, 0.25) is 0 Å². The summed E-state index contributed by atoms with van der Waals surface area (Å²) >= 11 is 1.34. The topological polar surface area (TPSA) is 84.7 Å². The predicted molar refractivity (Wildman–Crippen MR) is 120 cm³/mol. The van der Waals surface area contributed by atoms with Crippen LogP contribution in [-0.4, -0.2) is 56.7 Å². The number of hydrogen-bond donors (Lipinski definition) is 1. The Morgan fingerprint density at radius 3 is 2.82 bits per heavy atom. The summed E-state index contributed by atoms with van der Waals surface area (Å²) in [5.41, 5.74) is 2.01. The number of nitrogens with one attached hydrogen (secondary N) is 1. The molecule has 0 saturated carbocycles. The highest BCUT2D eigenvalue weighted by Crippen LogP contribution is 2.30. The van der Waals surface area contributed by atoms with Crippen molar-refractivity contribution in [3.63, 3.8) is 0 Å². The van der Waals surface area contributed by atoms with Gasteiger partial charge in [0.15, 0.2) is 16.5 Å². The predicted octanol–water partition coefficient (Wildman–Crippen LogP) is 3.87. The van der Waals surface area contributed by atoms with Crippen molar-refractivity contribution in [3.8, 4) is 11.3 Å². The summed E-state index contributed by atoms with van der Waals surface area (Å²) < 4.78 is 33.6. The minimum absolute atomic E-state index is 0.119. The summed E-state index contributed by atoms with van der Waals surface area (Å²) in [6.45, 7) is 3.81. The Bertz CT molecular complexity index is 1280. The number of carbonyl (C=O) groups excluding carboxylic acids is 1. The molecule has 1 amide bonds. The normalized spacial score (nSPS) is 14.8. The van der Waals surface area contributed by atoms with Crippen LogP contribution in [0.1, 0.15) is 28.2 Å². The molecule has 0 spiro atoms. The van der Waals surface area contributed by atoms with Crippen LogP contribution < -0.4 is 5.32 Å². The van der Waals surface area contributed by atoms with Crippen molar-refractivity contribution in [2.75, 3.05) is 31.6 Å². The third kappa shape index (κ3) is 4.61. The number of alkyl halides is 2. The van der Waals surface area contributed by atoms with Gasteiger partial charge in [0.05, 0.1) is 30.8 Å². The molecule has 0 radical (unpaired) electrons. The van der Waals surface area contributed by atoms with Crippen molar-refractivity contribution in [2.45, 2.75) is 13.0 Å². The molecule has 4 heterocycles. The molecule has 33 heavy (non-hydrogen) atoms. The first-order chi connectivity index (χ1) is 16.1. The number of hydrogen-bond acceptors (Lipinski definition) is 7. The highest BCUT2D eigenvalue weighted by molar-refractivity contribution is 7.13. The van der Waals surface area contributed by atoms with Crippen LogP contribution >= 0.6 is 11.3 Å². The number of ether oxygens (including phenoxy) is 1. The first-order valence-corrected chi connectivity index (χ1v) is 11.2. The number of rotatable bonds is 6. The smallest absolute Gasteiger partial charge is 0.277 e. The molecular weight excluding hydrogens is 450 g/mol. The van der Waals surface area contributed by atoms with Crippen LogP contribution in [0.15, 0.2) is 48.0 Å². The Balaban J connectivity index is 1.37. The quantitative estimate of drug-likeness (QED) is 0.461. The second-order valence-electron chi connectivity index (χ2n) is 7.51. The Hall–Kier alpha value is -3.28. The number of thiazole rings is 1. The summed E-state index contributed by atoms with van der Waals surface area (Å²) in [4.78, 5) is 23.9. The van der Waals surface area contributed by atoms with E-state index in [1.165, 1.54) is 28.1 Å². The maximum absolute atomic E-state index is 13.4. The summed E-state index contributed by atoms with van der Waals surface area (Å²) in [7, 11) is 0. The number of amides is 1. The van der Waals surface area contributed by atoms with Gasteiger partial charge in [-0.3, -0.25) is 15.0 Å². The van der Waals surface area contributed by atoms with Crippen molar-refractivity contribution in [1.29, 1.82) is 0 Å². The van der Waals surface area contributed by atoms with E-state index in [2.05, 4.69) is 25.3 Å². The highest BCUT2D eigenvalue weighted by Gasteiger charge is 2.19. The second kappa shape index (κ2) is 9.30. The Labute approximate surface area is 191 Å². The Kier molecular flexibility index (Phi) is 6.07. The summed E-state index contributed by atoms with van der Waals surface area (Å²) in [5, 5.41) is 9.59. The number of fused-ring (bicyclic) bond motifs is 1. The molecular formula is C22H20F2N6O2S. The molecule has 0 atom stereocenters. The first-order valence-electron chi connectivity index (χ1n) is 10.4. The summed E-state index contributed by atoms with van der Waals surface area (Å²) in [6, 6.07) is 9.43. The van der Waals surface area contributed by atoms with Crippen molar-refractivity contribution >= 4 is 28.0 Å². The van der Waals surface area contributed by atoms with Crippen LogP contribution in [-0.2, 0) is 11.3 Å². The fourth-order valence-corrected chi connectivity index (χ4v) is 4.38. The van der Waals surface area contributed by atoms with E-state index >= 15 is 0 Å². The lowest BCUT2D eigenvalue weighted by atomic mass is 10.0. The van der Waals surface area contributed by atoms with Gasteiger partial charge in [0.1, 0.15) is 0 Å². The molecule has 11 heteroatoms. The molecule has 0 bridgehead atoms. The lowest BCUT2D eigenvalue weighted by molar-refractivity contribution is 0.0337. The average Bonchev–Trinajstić information content (AvgIpc) is 3.46. The molecule has 3 aromatic heterocycles. The van der Waals surface area contributed by atoms with E-state index in [0.29, 0.717) is 41.8 Å². The van der Waals surface area contributed by atoms with Gasteiger partial charge in [0, 0.05) is 36.1 Å². The molecule has 0 unspecified atom stereocenters. The van der Waals surface area contributed by atoms with E-state index in [-0.39, 0.29) is 11.3 Å². The molecule has 1 N–H and O–H groups in total. The first kappa shape index (κ1) is 21.6. The largest absolute Gasteiger partial charge is 0.379 e. The molecule has 1 fully saturated rings. The van der Waals surface area contributed by atoms with Crippen LogP contribution in [0.2, 0.25) is 0 Å². The van der Waals surface area contributed by atoms with E-state index < -0.39 is 12.3 Å². The molecule has 1 aliphatic heterocycles. The number of halogens is 2. The maximum atomic E-state index is 13.4. The summed E-state index contributed by atoms with van der Waals surface area (Å²) in [5.74, 6) is -0.429. The molecule has 0 aliphatic carbocycles. The summed E-state index contributed by atoms with van der Waals surface area (Å²) in [6.07, 6.45) is -1.23. The fraction of sp³-hybridized carbons (Fsp3) is 0.273. The Morgan fingerprint density at radius 2 is 2.00 bits per heavy atom. The van der Waals surface area contributed by atoms with Crippen LogP contribution in [0.5, 0.6) is 0 Å². The SMILES string of the molecule is O=C(Nc1nc(CN2CCOCC2)cs1)c1cnc2ccc(-c3ccccc3C(F)F)nn12. The van der Waals surface area contributed by atoms with E-state index in [4.69, 9.17) is 4.74 Å². The third-order valence-electron chi connectivity index (χ3n) is 5.33. The zero-order valence-electron chi connectivity index (χ0n) is 17.4.